The summed E-state index contributed by atoms with van der Waals surface area (Å²) in [6.45, 7) is 0. The third-order valence-corrected chi connectivity index (χ3v) is 13.5. The molecule has 0 atom stereocenters. The molecule has 4 heterocycles. The summed E-state index contributed by atoms with van der Waals surface area (Å²) < 4.78 is 7.31. The van der Waals surface area contributed by atoms with Crippen molar-refractivity contribution in [2.24, 2.45) is 0 Å². The minimum atomic E-state index is 0.629. The molecule has 0 aliphatic rings. The van der Waals surface area contributed by atoms with Crippen molar-refractivity contribution in [1.29, 1.82) is 0 Å². The van der Waals surface area contributed by atoms with Gasteiger partial charge in [-0.05, 0) is 96.1 Å². The number of benzene rings is 9. The zero-order valence-electron chi connectivity index (χ0n) is 33.9. The van der Waals surface area contributed by atoms with Gasteiger partial charge in [0.05, 0.1) is 22.1 Å². The number of rotatable bonds is 6. The van der Waals surface area contributed by atoms with Gasteiger partial charge in [-0.15, -0.1) is 11.3 Å². The SMILES string of the molecule is c1ccc(-c2ccc3c(c2)c2ccc(-n4c5ccccc5c5ccccc54)cc2n3-c2ccc(-c3nc(-c4ccccc4)nc(-c4ccc5sc6ccccc6c5c4)n3)cc2)cc1. The summed E-state index contributed by atoms with van der Waals surface area (Å²) in [6.07, 6.45) is 0. The van der Waals surface area contributed by atoms with Crippen LogP contribution in [0, 0.1) is 0 Å². The van der Waals surface area contributed by atoms with Crippen LogP contribution < -0.4 is 0 Å². The quantitative estimate of drug-likeness (QED) is 0.168. The second kappa shape index (κ2) is 14.2. The molecule has 5 nitrogen and oxygen atoms in total. The van der Waals surface area contributed by atoms with Gasteiger partial charge in [0.25, 0.3) is 0 Å². The molecule has 294 valence electrons. The molecule has 0 saturated carbocycles. The van der Waals surface area contributed by atoms with Crippen LogP contribution in [0.15, 0.2) is 212 Å². The molecule has 0 spiro atoms. The summed E-state index contributed by atoms with van der Waals surface area (Å²) in [7, 11) is 0. The first kappa shape index (κ1) is 35.6. The van der Waals surface area contributed by atoms with Crippen LogP contribution in [0.2, 0.25) is 0 Å². The normalized spacial score (nSPS) is 11.8. The Bertz CT molecular complexity index is 3850. The molecule has 0 fully saturated rings. The van der Waals surface area contributed by atoms with E-state index in [1.807, 2.05) is 29.5 Å². The molecule has 0 radical (unpaired) electrons. The highest BCUT2D eigenvalue weighted by Crippen LogP contribution is 2.40. The molecule has 0 saturated heterocycles. The number of aromatic nitrogens is 5. The average molecular weight is 822 g/mol. The summed E-state index contributed by atoms with van der Waals surface area (Å²) >= 11 is 1.81. The molecule has 0 N–H and O–H groups in total. The summed E-state index contributed by atoms with van der Waals surface area (Å²) in [4.78, 5) is 15.3. The van der Waals surface area contributed by atoms with Crippen molar-refractivity contribution in [2.45, 2.75) is 0 Å². The minimum Gasteiger partial charge on any atom is -0.309 e. The fourth-order valence-electron chi connectivity index (χ4n) is 9.41. The summed E-state index contributed by atoms with van der Waals surface area (Å²) in [6, 6.07) is 75.8. The van der Waals surface area contributed by atoms with Gasteiger partial charge in [0.15, 0.2) is 17.5 Å². The van der Waals surface area contributed by atoms with Gasteiger partial charge in [-0.25, -0.2) is 15.0 Å². The van der Waals surface area contributed by atoms with E-state index in [4.69, 9.17) is 15.0 Å². The van der Waals surface area contributed by atoms with Crippen molar-refractivity contribution in [3.05, 3.63) is 212 Å². The van der Waals surface area contributed by atoms with Crippen LogP contribution in [-0.4, -0.2) is 24.1 Å². The standard InChI is InChI=1S/C57H35N5S/c1-3-13-36(14-4-1)39-25-31-51-47(33-39)45-30-29-42(62-49-20-10-7-17-43(49)44-18-8-11-21-50(44)62)35-52(45)61(51)41-27-23-38(24-28-41)56-58-55(37-15-5-2-6-16-37)59-57(60-56)40-26-32-54-48(34-40)46-19-9-12-22-53(46)63-54/h1-35H. The Balaban J connectivity index is 0.981. The van der Waals surface area contributed by atoms with Crippen molar-refractivity contribution in [1.82, 2.24) is 24.1 Å². The Morgan fingerprint density at radius 2 is 0.746 bits per heavy atom. The topological polar surface area (TPSA) is 48.5 Å². The van der Waals surface area contributed by atoms with Crippen LogP contribution >= 0.6 is 11.3 Å². The summed E-state index contributed by atoms with van der Waals surface area (Å²) in [5, 5.41) is 7.35. The molecule has 0 bridgehead atoms. The van der Waals surface area contributed by atoms with Crippen LogP contribution in [0.25, 0.3) is 120 Å². The first-order valence-corrected chi connectivity index (χ1v) is 22.0. The lowest BCUT2D eigenvalue weighted by Gasteiger charge is -2.12. The van der Waals surface area contributed by atoms with Crippen LogP contribution in [0.1, 0.15) is 0 Å². The van der Waals surface area contributed by atoms with Crippen molar-refractivity contribution in [2.75, 3.05) is 0 Å². The van der Waals surface area contributed by atoms with Crippen molar-refractivity contribution in [3.8, 4) is 56.7 Å². The number of para-hydroxylation sites is 2. The van der Waals surface area contributed by atoms with E-state index < -0.39 is 0 Å². The Morgan fingerprint density at radius 1 is 0.270 bits per heavy atom. The molecule has 63 heavy (non-hydrogen) atoms. The predicted octanol–water partition coefficient (Wildman–Crippen LogP) is 15.1. The van der Waals surface area contributed by atoms with Crippen LogP contribution in [0.3, 0.4) is 0 Å². The monoisotopic (exact) mass is 821 g/mol. The van der Waals surface area contributed by atoms with Gasteiger partial charge in [-0.1, -0.05) is 127 Å². The first-order valence-electron chi connectivity index (χ1n) is 21.2. The van der Waals surface area contributed by atoms with E-state index in [1.54, 1.807) is 0 Å². The van der Waals surface area contributed by atoms with E-state index in [9.17, 15) is 0 Å². The Hall–Kier alpha value is -8.19. The van der Waals surface area contributed by atoms with Crippen molar-refractivity contribution < 1.29 is 0 Å². The molecule has 0 amide bonds. The number of fused-ring (bicyclic) bond motifs is 9. The third kappa shape index (κ3) is 5.80. The molecule has 6 heteroatoms. The molecule has 0 aliphatic carbocycles. The van der Waals surface area contributed by atoms with Gasteiger partial charge < -0.3 is 9.13 Å². The van der Waals surface area contributed by atoms with Crippen molar-refractivity contribution >= 4 is 75.1 Å². The number of nitrogens with zero attached hydrogens (tertiary/aromatic N) is 5. The van der Waals surface area contributed by atoms with Gasteiger partial charge in [-0.2, -0.15) is 0 Å². The van der Waals surface area contributed by atoms with Gasteiger partial charge in [0.2, 0.25) is 0 Å². The molecular weight excluding hydrogens is 787 g/mol. The lowest BCUT2D eigenvalue weighted by molar-refractivity contribution is 1.07. The molecule has 0 aliphatic heterocycles. The lowest BCUT2D eigenvalue weighted by Crippen LogP contribution is -2.00. The van der Waals surface area contributed by atoms with E-state index in [0.29, 0.717) is 17.5 Å². The van der Waals surface area contributed by atoms with E-state index in [2.05, 4.69) is 203 Å². The highest BCUT2D eigenvalue weighted by molar-refractivity contribution is 7.25. The number of hydrogen-bond acceptors (Lipinski definition) is 4. The molecule has 4 aromatic heterocycles. The molecule has 13 rings (SSSR count). The lowest BCUT2D eigenvalue weighted by atomic mass is 10.0. The average Bonchev–Trinajstić information content (AvgIpc) is 4.01. The van der Waals surface area contributed by atoms with E-state index in [0.717, 1.165) is 39.1 Å². The largest absolute Gasteiger partial charge is 0.309 e. The number of hydrogen-bond donors (Lipinski definition) is 0. The van der Waals surface area contributed by atoms with Crippen LogP contribution in [-0.2, 0) is 0 Å². The van der Waals surface area contributed by atoms with Crippen LogP contribution in [0.4, 0.5) is 0 Å². The predicted molar refractivity (Wildman–Crippen MR) is 263 cm³/mol. The zero-order chi connectivity index (χ0) is 41.4. The maximum Gasteiger partial charge on any atom is 0.164 e. The second-order valence-corrected chi connectivity index (χ2v) is 17.1. The first-order chi connectivity index (χ1) is 31.2. The van der Waals surface area contributed by atoms with Crippen molar-refractivity contribution in [3.63, 3.8) is 0 Å². The fourth-order valence-corrected chi connectivity index (χ4v) is 10.5. The summed E-state index contributed by atoms with van der Waals surface area (Å²) in [5.41, 5.74) is 12.0. The third-order valence-electron chi connectivity index (χ3n) is 12.4. The fraction of sp³-hybridized carbons (Fsp3) is 0. The van der Waals surface area contributed by atoms with Gasteiger partial charge >= 0.3 is 0 Å². The number of thiophene rings is 1. The Morgan fingerprint density at radius 3 is 1.46 bits per heavy atom. The summed E-state index contributed by atoms with van der Waals surface area (Å²) in [5.74, 6) is 1.92. The minimum absolute atomic E-state index is 0.629. The van der Waals surface area contributed by atoms with Crippen LogP contribution in [0.5, 0.6) is 0 Å². The molecule has 0 unspecified atom stereocenters. The Kier molecular flexibility index (Phi) is 8.01. The van der Waals surface area contributed by atoms with E-state index in [-0.39, 0.29) is 0 Å². The smallest absolute Gasteiger partial charge is 0.164 e. The van der Waals surface area contributed by atoms with Gasteiger partial charge in [0.1, 0.15) is 0 Å². The molecule has 13 aromatic rings. The van der Waals surface area contributed by atoms with Gasteiger partial charge in [0, 0.05) is 69.8 Å². The Labute approximate surface area is 366 Å². The maximum absolute atomic E-state index is 5.16. The zero-order valence-corrected chi connectivity index (χ0v) is 34.7. The molecular formula is C57H35N5S. The highest BCUT2D eigenvalue weighted by Gasteiger charge is 2.19. The van der Waals surface area contributed by atoms with E-state index >= 15 is 0 Å². The highest BCUT2D eigenvalue weighted by atomic mass is 32.1. The second-order valence-electron chi connectivity index (χ2n) is 16.0. The molecule has 9 aromatic carbocycles. The maximum atomic E-state index is 5.16. The van der Waals surface area contributed by atoms with Gasteiger partial charge in [-0.3, -0.25) is 0 Å². The van der Waals surface area contributed by atoms with E-state index in [1.165, 1.54) is 63.9 Å².